The zero-order valence-corrected chi connectivity index (χ0v) is 12.6. The second kappa shape index (κ2) is 9.54. The third-order valence-electron chi connectivity index (χ3n) is 3.17. The molecule has 0 aliphatic rings. The lowest BCUT2D eigenvalue weighted by molar-refractivity contribution is -0.140. The van der Waals surface area contributed by atoms with Crippen molar-refractivity contribution in [2.24, 2.45) is 0 Å². The molecule has 1 aromatic carbocycles. The van der Waals surface area contributed by atoms with Crippen molar-refractivity contribution >= 4 is 23.4 Å². The Morgan fingerprint density at radius 3 is 2.35 bits per heavy atom. The average molecular weight is 297 g/mol. The predicted octanol–water partition coefficient (Wildman–Crippen LogP) is 3.77. The van der Waals surface area contributed by atoms with E-state index in [2.05, 4.69) is 4.74 Å². The van der Waals surface area contributed by atoms with Gasteiger partial charge in [0.2, 0.25) is 0 Å². The number of rotatable bonds is 9. The van der Waals surface area contributed by atoms with Crippen molar-refractivity contribution in [1.29, 1.82) is 0 Å². The third-order valence-corrected chi connectivity index (χ3v) is 3.36. The Hall–Kier alpha value is -1.35. The molecule has 0 amide bonds. The van der Waals surface area contributed by atoms with E-state index in [1.54, 1.807) is 0 Å². The van der Waals surface area contributed by atoms with Crippen LogP contribution >= 0.6 is 11.6 Å². The molecule has 0 radical (unpaired) electrons. The molecule has 0 spiro atoms. The molecule has 0 heterocycles. The van der Waals surface area contributed by atoms with Crippen molar-refractivity contribution in [2.75, 3.05) is 13.0 Å². The Kier molecular flexibility index (Phi) is 7.97. The van der Waals surface area contributed by atoms with Crippen molar-refractivity contribution in [3.05, 3.63) is 35.4 Å². The van der Waals surface area contributed by atoms with Crippen LogP contribution in [0.5, 0.6) is 0 Å². The number of ketones is 1. The number of Topliss-reactive ketones (excluding diaryl/α,β-unsaturated/α-hetero) is 1. The lowest BCUT2D eigenvalue weighted by atomic mass is 10.0. The van der Waals surface area contributed by atoms with Gasteiger partial charge in [-0.2, -0.15) is 0 Å². The van der Waals surface area contributed by atoms with Gasteiger partial charge >= 0.3 is 5.97 Å². The number of halogens is 1. The van der Waals surface area contributed by atoms with E-state index in [1.807, 2.05) is 24.3 Å². The minimum absolute atomic E-state index is 0.0876. The fourth-order valence-electron chi connectivity index (χ4n) is 1.96. The molecule has 0 atom stereocenters. The predicted molar refractivity (Wildman–Crippen MR) is 80.3 cm³/mol. The number of alkyl halides is 1. The van der Waals surface area contributed by atoms with Gasteiger partial charge < -0.3 is 4.74 Å². The number of hydrogen-bond acceptors (Lipinski definition) is 3. The topological polar surface area (TPSA) is 43.4 Å². The van der Waals surface area contributed by atoms with Gasteiger partial charge in [0.25, 0.3) is 0 Å². The van der Waals surface area contributed by atoms with Crippen LogP contribution < -0.4 is 0 Å². The van der Waals surface area contributed by atoms with Gasteiger partial charge in [-0.3, -0.25) is 9.59 Å². The smallest absolute Gasteiger partial charge is 0.305 e. The van der Waals surface area contributed by atoms with Gasteiger partial charge in [-0.15, -0.1) is 11.6 Å². The van der Waals surface area contributed by atoms with Crippen LogP contribution in [0.4, 0.5) is 0 Å². The van der Waals surface area contributed by atoms with E-state index in [0.717, 1.165) is 31.2 Å². The van der Waals surface area contributed by atoms with Crippen LogP contribution in [0.15, 0.2) is 24.3 Å². The fourth-order valence-corrected chi connectivity index (χ4v) is 2.14. The van der Waals surface area contributed by atoms with Crippen LogP contribution in [0.2, 0.25) is 0 Å². The number of benzene rings is 1. The van der Waals surface area contributed by atoms with Crippen molar-refractivity contribution in [3.63, 3.8) is 0 Å². The number of carbonyl (C=O) groups is 2. The van der Waals surface area contributed by atoms with E-state index in [4.69, 9.17) is 11.6 Å². The zero-order chi connectivity index (χ0) is 14.8. The van der Waals surface area contributed by atoms with E-state index in [0.29, 0.717) is 18.7 Å². The molecule has 20 heavy (non-hydrogen) atoms. The van der Waals surface area contributed by atoms with Crippen LogP contribution in [-0.2, 0) is 16.0 Å². The first-order valence-corrected chi connectivity index (χ1v) is 7.45. The quantitative estimate of drug-likeness (QED) is 0.301. The number of hydrogen-bond donors (Lipinski definition) is 0. The summed E-state index contributed by atoms with van der Waals surface area (Å²) in [5.74, 6) is 0.303. The summed E-state index contributed by atoms with van der Waals surface area (Å²) in [5, 5.41) is 0. The van der Waals surface area contributed by atoms with Gasteiger partial charge in [0.15, 0.2) is 5.78 Å². The highest BCUT2D eigenvalue weighted by Gasteiger charge is 2.04. The third kappa shape index (κ3) is 6.20. The van der Waals surface area contributed by atoms with Crippen LogP contribution in [-0.4, -0.2) is 24.7 Å². The molecule has 0 unspecified atom stereocenters. The van der Waals surface area contributed by atoms with E-state index in [-0.39, 0.29) is 11.8 Å². The Morgan fingerprint density at radius 2 is 1.75 bits per heavy atom. The van der Waals surface area contributed by atoms with Gasteiger partial charge in [-0.1, -0.05) is 30.7 Å². The van der Waals surface area contributed by atoms with Gasteiger partial charge in [0, 0.05) is 24.3 Å². The maximum atomic E-state index is 11.6. The number of carbonyl (C=O) groups excluding carboxylic acids is 2. The Bertz CT molecular complexity index is 426. The molecule has 0 aliphatic heterocycles. The van der Waals surface area contributed by atoms with Crippen LogP contribution in [0.1, 0.15) is 48.0 Å². The second-order valence-electron chi connectivity index (χ2n) is 4.70. The molecule has 0 saturated heterocycles. The number of ether oxygens (including phenoxy) is 1. The molecule has 0 aromatic heterocycles. The summed E-state index contributed by atoms with van der Waals surface area (Å²) >= 11 is 5.55. The first kappa shape index (κ1) is 16.7. The van der Waals surface area contributed by atoms with E-state index < -0.39 is 0 Å². The van der Waals surface area contributed by atoms with Gasteiger partial charge in [-0.25, -0.2) is 0 Å². The molecular weight excluding hydrogens is 276 g/mol. The van der Waals surface area contributed by atoms with E-state index >= 15 is 0 Å². The second-order valence-corrected chi connectivity index (χ2v) is 5.07. The van der Waals surface area contributed by atoms with Crippen molar-refractivity contribution < 1.29 is 14.3 Å². The summed E-state index contributed by atoms with van der Waals surface area (Å²) < 4.78 is 4.59. The number of unbranched alkanes of at least 4 members (excludes halogenated alkanes) is 2. The van der Waals surface area contributed by atoms with Crippen molar-refractivity contribution in [2.45, 2.75) is 38.5 Å². The maximum Gasteiger partial charge on any atom is 0.305 e. The Balaban J connectivity index is 2.28. The number of methoxy groups -OCH3 is 1. The highest BCUT2D eigenvalue weighted by Crippen LogP contribution is 2.11. The molecule has 4 heteroatoms. The molecule has 1 rings (SSSR count). The minimum atomic E-state index is -0.146. The summed E-state index contributed by atoms with van der Waals surface area (Å²) in [6, 6.07) is 7.70. The normalized spacial score (nSPS) is 10.3. The molecule has 0 aliphatic carbocycles. The summed E-state index contributed by atoms with van der Waals surface area (Å²) in [4.78, 5) is 22.6. The van der Waals surface area contributed by atoms with Crippen molar-refractivity contribution in [3.8, 4) is 0 Å². The molecule has 0 fully saturated rings. The van der Waals surface area contributed by atoms with Crippen LogP contribution in [0.25, 0.3) is 0 Å². The lowest BCUT2D eigenvalue weighted by Crippen LogP contribution is -2.00. The lowest BCUT2D eigenvalue weighted by Gasteiger charge is -2.04. The highest BCUT2D eigenvalue weighted by molar-refractivity contribution is 6.19. The monoisotopic (exact) mass is 296 g/mol. The summed E-state index contributed by atoms with van der Waals surface area (Å²) in [6.07, 6.45) is 4.73. The first-order chi connectivity index (χ1) is 9.67. The largest absolute Gasteiger partial charge is 0.469 e. The summed E-state index contributed by atoms with van der Waals surface area (Å²) in [7, 11) is 1.41. The van der Waals surface area contributed by atoms with Crippen LogP contribution in [0, 0.1) is 0 Å². The first-order valence-electron chi connectivity index (χ1n) is 6.92. The van der Waals surface area contributed by atoms with Crippen LogP contribution in [0.3, 0.4) is 0 Å². The molecule has 0 N–H and O–H groups in total. The molecule has 0 saturated carbocycles. The molecule has 0 bridgehead atoms. The Labute approximate surface area is 125 Å². The molecule has 110 valence electrons. The van der Waals surface area contributed by atoms with E-state index in [1.165, 1.54) is 12.7 Å². The zero-order valence-electron chi connectivity index (χ0n) is 11.9. The fraction of sp³-hybridized carbons (Fsp3) is 0.500. The van der Waals surface area contributed by atoms with Gasteiger partial charge in [-0.05, 0) is 24.8 Å². The number of esters is 1. The van der Waals surface area contributed by atoms with Gasteiger partial charge in [0.05, 0.1) is 7.11 Å². The minimum Gasteiger partial charge on any atom is -0.469 e. The van der Waals surface area contributed by atoms with E-state index in [9.17, 15) is 9.59 Å². The standard InChI is InChI=1S/C16H21ClO3/c1-20-16(19)6-4-2-3-5-13-7-9-14(10-8-13)15(18)11-12-17/h7-10H,2-6,11-12H2,1H3. The Morgan fingerprint density at radius 1 is 1.05 bits per heavy atom. The number of aryl methyl sites for hydroxylation is 1. The highest BCUT2D eigenvalue weighted by atomic mass is 35.5. The average Bonchev–Trinajstić information content (AvgIpc) is 2.47. The summed E-state index contributed by atoms with van der Waals surface area (Å²) in [6.45, 7) is 0. The molecule has 1 aromatic rings. The SMILES string of the molecule is COC(=O)CCCCCc1ccc(C(=O)CCCl)cc1. The molecule has 3 nitrogen and oxygen atoms in total. The molecular formula is C16H21ClO3. The maximum absolute atomic E-state index is 11.6. The summed E-state index contributed by atoms with van der Waals surface area (Å²) in [5.41, 5.74) is 1.94. The van der Waals surface area contributed by atoms with Gasteiger partial charge in [0.1, 0.15) is 0 Å². The van der Waals surface area contributed by atoms with Crippen molar-refractivity contribution in [1.82, 2.24) is 0 Å².